The molecule has 2 unspecified atom stereocenters. The fraction of sp³-hybridized carbons (Fsp3) is 0.778. The molecule has 82 valence electrons. The van der Waals surface area contributed by atoms with Gasteiger partial charge in [0.15, 0.2) is 0 Å². The van der Waals surface area contributed by atoms with E-state index < -0.39 is 12.0 Å². The van der Waals surface area contributed by atoms with Crippen molar-refractivity contribution >= 4 is 24.1 Å². The average molecular weight is 219 g/mol. The second kappa shape index (κ2) is 7.67. The van der Waals surface area contributed by atoms with Crippen LogP contribution in [-0.4, -0.2) is 34.5 Å². The van der Waals surface area contributed by atoms with Gasteiger partial charge in [-0.2, -0.15) is 11.8 Å². The Morgan fingerprint density at radius 2 is 2.29 bits per heavy atom. The number of hydrogen-bond acceptors (Lipinski definition) is 3. The van der Waals surface area contributed by atoms with Crippen molar-refractivity contribution in [3.05, 3.63) is 0 Å². The van der Waals surface area contributed by atoms with E-state index in [1.165, 1.54) is 0 Å². The normalized spacial score (nSPS) is 14.4. The Hall–Kier alpha value is -0.710. The number of nitrogens with one attached hydrogen (secondary N) is 1. The van der Waals surface area contributed by atoms with Crippen molar-refractivity contribution < 1.29 is 14.7 Å². The molecule has 14 heavy (non-hydrogen) atoms. The summed E-state index contributed by atoms with van der Waals surface area (Å²) >= 11 is 1.73. The van der Waals surface area contributed by atoms with Crippen molar-refractivity contribution in [3.8, 4) is 0 Å². The van der Waals surface area contributed by atoms with Crippen LogP contribution in [0.15, 0.2) is 0 Å². The molecule has 0 spiro atoms. The summed E-state index contributed by atoms with van der Waals surface area (Å²) in [4.78, 5) is 20.7. The first-order valence-electron chi connectivity index (χ1n) is 4.65. The molecule has 0 aliphatic rings. The van der Waals surface area contributed by atoms with Gasteiger partial charge in [0.05, 0.1) is 0 Å². The fourth-order valence-corrected chi connectivity index (χ4v) is 1.88. The van der Waals surface area contributed by atoms with Crippen molar-refractivity contribution in [1.29, 1.82) is 0 Å². The molecule has 2 N–H and O–H groups in total. The summed E-state index contributed by atoms with van der Waals surface area (Å²) in [6.07, 6.45) is 1.99. The van der Waals surface area contributed by atoms with E-state index in [1.54, 1.807) is 11.8 Å². The fourth-order valence-electron chi connectivity index (χ4n) is 0.865. The summed E-state index contributed by atoms with van der Waals surface area (Å²) in [6, 6.07) is -0.746. The molecular formula is C9H17NO3S. The summed E-state index contributed by atoms with van der Waals surface area (Å²) in [6.45, 7) is 4.20. The second-order valence-electron chi connectivity index (χ2n) is 3.05. The molecule has 0 fully saturated rings. The predicted octanol–water partition coefficient (Wildman–Crippen LogP) is 1.11. The van der Waals surface area contributed by atoms with Crippen LogP contribution in [0.3, 0.4) is 0 Å². The van der Waals surface area contributed by atoms with Gasteiger partial charge < -0.3 is 10.4 Å². The molecule has 4 nitrogen and oxygen atoms in total. The average Bonchev–Trinajstić information content (AvgIpc) is 2.16. The molecule has 0 bridgehead atoms. The van der Waals surface area contributed by atoms with Gasteiger partial charge in [0, 0.05) is 5.25 Å². The predicted molar refractivity (Wildman–Crippen MR) is 57.5 cm³/mol. The van der Waals surface area contributed by atoms with Crippen LogP contribution >= 0.6 is 11.8 Å². The highest BCUT2D eigenvalue weighted by Gasteiger charge is 2.15. The van der Waals surface area contributed by atoms with Crippen molar-refractivity contribution in [2.24, 2.45) is 0 Å². The van der Waals surface area contributed by atoms with Crippen LogP contribution in [0.2, 0.25) is 0 Å². The molecule has 0 aliphatic carbocycles. The standard InChI is InChI=1S/C9H17NO3S/c1-3-7(2)14-5-4-8(9(12)13)10-6-11/h6-8H,3-5H2,1-2H3,(H,10,11)(H,12,13). The van der Waals surface area contributed by atoms with Crippen molar-refractivity contribution in [3.63, 3.8) is 0 Å². The Morgan fingerprint density at radius 3 is 2.71 bits per heavy atom. The minimum atomic E-state index is -0.971. The first-order valence-corrected chi connectivity index (χ1v) is 5.70. The molecule has 0 saturated carbocycles. The van der Waals surface area contributed by atoms with E-state index in [0.717, 1.165) is 12.2 Å². The van der Waals surface area contributed by atoms with Crippen LogP contribution in [0.1, 0.15) is 26.7 Å². The van der Waals surface area contributed by atoms with Crippen molar-refractivity contribution in [2.75, 3.05) is 5.75 Å². The molecule has 0 saturated heterocycles. The van der Waals surface area contributed by atoms with Crippen molar-refractivity contribution in [1.82, 2.24) is 5.32 Å². The van der Waals surface area contributed by atoms with Crippen LogP contribution in [0.4, 0.5) is 0 Å². The smallest absolute Gasteiger partial charge is 0.326 e. The minimum Gasteiger partial charge on any atom is -0.480 e. The molecule has 0 radical (unpaired) electrons. The molecule has 0 aromatic rings. The van der Waals surface area contributed by atoms with Gasteiger partial charge in [0.2, 0.25) is 6.41 Å². The summed E-state index contributed by atoms with van der Waals surface area (Å²) < 4.78 is 0. The van der Waals surface area contributed by atoms with E-state index in [1.807, 2.05) is 0 Å². The summed E-state index contributed by atoms with van der Waals surface area (Å²) in [7, 11) is 0. The van der Waals surface area contributed by atoms with Crippen molar-refractivity contribution in [2.45, 2.75) is 38.0 Å². The number of amides is 1. The lowest BCUT2D eigenvalue weighted by molar-refractivity contribution is -0.140. The van der Waals surface area contributed by atoms with Gasteiger partial charge in [0.1, 0.15) is 6.04 Å². The number of carboxylic acid groups (broad SMARTS) is 1. The Bertz CT molecular complexity index is 187. The van der Waals surface area contributed by atoms with Gasteiger partial charge in [-0.05, 0) is 18.6 Å². The highest BCUT2D eigenvalue weighted by molar-refractivity contribution is 7.99. The number of carboxylic acids is 1. The van der Waals surface area contributed by atoms with Gasteiger partial charge in [0.25, 0.3) is 0 Å². The number of rotatable bonds is 8. The van der Waals surface area contributed by atoms with Gasteiger partial charge >= 0.3 is 5.97 Å². The molecular weight excluding hydrogens is 202 g/mol. The van der Waals surface area contributed by atoms with E-state index in [0.29, 0.717) is 18.1 Å². The van der Waals surface area contributed by atoms with E-state index in [4.69, 9.17) is 5.11 Å². The highest BCUT2D eigenvalue weighted by atomic mass is 32.2. The third-order valence-corrected chi connectivity index (χ3v) is 3.32. The topological polar surface area (TPSA) is 66.4 Å². The van der Waals surface area contributed by atoms with Gasteiger partial charge in [-0.1, -0.05) is 13.8 Å². The van der Waals surface area contributed by atoms with Crippen LogP contribution in [0.25, 0.3) is 0 Å². The van der Waals surface area contributed by atoms with Gasteiger partial charge in [-0.25, -0.2) is 4.79 Å². The third-order valence-electron chi connectivity index (χ3n) is 1.95. The Labute approximate surface area is 88.4 Å². The number of hydrogen-bond donors (Lipinski definition) is 2. The lowest BCUT2D eigenvalue weighted by atomic mass is 10.2. The van der Waals surface area contributed by atoms with Crippen LogP contribution < -0.4 is 5.32 Å². The SMILES string of the molecule is CCC(C)SCCC(NC=O)C(=O)O. The van der Waals surface area contributed by atoms with Crippen LogP contribution in [0.5, 0.6) is 0 Å². The molecule has 5 heteroatoms. The van der Waals surface area contributed by atoms with Crippen LogP contribution in [-0.2, 0) is 9.59 Å². The third kappa shape index (κ3) is 5.85. The number of carbonyl (C=O) groups excluding carboxylic acids is 1. The zero-order valence-electron chi connectivity index (χ0n) is 8.53. The summed E-state index contributed by atoms with van der Waals surface area (Å²) in [5.74, 6) is -0.214. The Balaban J connectivity index is 3.71. The minimum absolute atomic E-state index is 0.437. The number of thioether (sulfide) groups is 1. The number of carbonyl (C=O) groups is 2. The maximum atomic E-state index is 10.6. The lowest BCUT2D eigenvalue weighted by Crippen LogP contribution is -2.36. The molecule has 0 aromatic heterocycles. The van der Waals surface area contributed by atoms with E-state index in [-0.39, 0.29) is 0 Å². The quantitative estimate of drug-likeness (QED) is 0.600. The Kier molecular flexibility index (Phi) is 7.28. The first-order chi connectivity index (χ1) is 6.61. The van der Waals surface area contributed by atoms with Gasteiger partial charge in [-0.3, -0.25) is 4.79 Å². The zero-order valence-corrected chi connectivity index (χ0v) is 9.34. The maximum Gasteiger partial charge on any atom is 0.326 e. The Morgan fingerprint density at radius 1 is 1.64 bits per heavy atom. The number of aliphatic carboxylic acids is 1. The molecule has 0 heterocycles. The summed E-state index contributed by atoms with van der Waals surface area (Å²) in [5, 5.41) is 11.5. The van der Waals surface area contributed by atoms with Crippen LogP contribution in [0, 0.1) is 0 Å². The molecule has 0 aliphatic heterocycles. The maximum absolute atomic E-state index is 10.6. The molecule has 0 aromatic carbocycles. The van der Waals surface area contributed by atoms with E-state index >= 15 is 0 Å². The van der Waals surface area contributed by atoms with Gasteiger partial charge in [-0.15, -0.1) is 0 Å². The summed E-state index contributed by atoms with van der Waals surface area (Å²) in [5.41, 5.74) is 0. The highest BCUT2D eigenvalue weighted by Crippen LogP contribution is 2.15. The molecule has 2 atom stereocenters. The van der Waals surface area contributed by atoms with E-state index in [2.05, 4.69) is 19.2 Å². The monoisotopic (exact) mass is 219 g/mol. The molecule has 0 rings (SSSR count). The first kappa shape index (κ1) is 13.3. The lowest BCUT2D eigenvalue weighted by Gasteiger charge is -2.12. The second-order valence-corrected chi connectivity index (χ2v) is 4.60. The largest absolute Gasteiger partial charge is 0.480 e. The molecule has 1 amide bonds. The van der Waals surface area contributed by atoms with E-state index in [9.17, 15) is 9.59 Å². The zero-order chi connectivity index (χ0) is 11.0.